The molecule has 31 heavy (non-hydrogen) atoms. The van der Waals surface area contributed by atoms with Gasteiger partial charge in [-0.25, -0.2) is 19.6 Å². The molecule has 1 aliphatic heterocycles. The van der Waals surface area contributed by atoms with Crippen LogP contribution in [0.5, 0.6) is 0 Å². The van der Waals surface area contributed by atoms with Gasteiger partial charge in [0.1, 0.15) is 5.69 Å². The Morgan fingerprint density at radius 2 is 1.87 bits per heavy atom. The molecule has 2 N–H and O–H groups in total. The van der Waals surface area contributed by atoms with Gasteiger partial charge in [0.25, 0.3) is 5.56 Å². The van der Waals surface area contributed by atoms with E-state index in [0.717, 1.165) is 22.6 Å². The van der Waals surface area contributed by atoms with Gasteiger partial charge in [-0.05, 0) is 76.3 Å². The molecule has 0 amide bonds. The summed E-state index contributed by atoms with van der Waals surface area (Å²) in [5, 5.41) is 14.9. The Hall–Kier alpha value is -3.13. The lowest BCUT2D eigenvalue weighted by Crippen LogP contribution is -2.53. The largest absolute Gasteiger partial charge is 0.311 e. The topological polar surface area (TPSA) is 101 Å². The normalized spacial score (nSPS) is 17.4. The van der Waals surface area contributed by atoms with E-state index in [4.69, 9.17) is 0 Å². The quantitative estimate of drug-likeness (QED) is 0.493. The summed E-state index contributed by atoms with van der Waals surface area (Å²) in [4.78, 5) is 20.6. The van der Waals surface area contributed by atoms with Crippen LogP contribution in [-0.2, 0) is 0 Å². The van der Waals surface area contributed by atoms with Crippen molar-refractivity contribution in [3.05, 3.63) is 52.2 Å². The summed E-state index contributed by atoms with van der Waals surface area (Å²) in [5.74, 6) is 0. The number of rotatable bonds is 1. The van der Waals surface area contributed by atoms with Crippen LogP contribution in [0, 0.1) is 13.8 Å². The van der Waals surface area contributed by atoms with Gasteiger partial charge in [0, 0.05) is 5.54 Å². The van der Waals surface area contributed by atoms with Crippen LogP contribution in [0.25, 0.3) is 27.9 Å². The highest BCUT2D eigenvalue weighted by molar-refractivity contribution is 5.79. The second kappa shape index (κ2) is 7.85. The van der Waals surface area contributed by atoms with Crippen LogP contribution in [-0.4, -0.2) is 41.9 Å². The van der Waals surface area contributed by atoms with E-state index in [2.05, 4.69) is 30.6 Å². The lowest BCUT2D eigenvalue weighted by atomic mass is 9.72. The van der Waals surface area contributed by atoms with Crippen LogP contribution in [0.2, 0.25) is 0 Å². The Morgan fingerprint density at radius 1 is 1.03 bits per heavy atom. The summed E-state index contributed by atoms with van der Waals surface area (Å²) < 4.78 is 1.75. The third-order valence-corrected chi connectivity index (χ3v) is 6.41. The molecule has 0 radical (unpaired) electrons. The number of hydrogen-bond acceptors (Lipinski definition) is 6. The van der Waals surface area contributed by atoms with Crippen LogP contribution >= 0.6 is 0 Å². The molecule has 8 heteroatoms. The van der Waals surface area contributed by atoms with E-state index in [9.17, 15) is 4.79 Å². The minimum Gasteiger partial charge on any atom is -0.311 e. The Bertz CT molecular complexity index is 1290. The Kier molecular flexibility index (Phi) is 5.02. The summed E-state index contributed by atoms with van der Waals surface area (Å²) in [7, 11) is 0. The summed E-state index contributed by atoms with van der Waals surface area (Å²) in [6.07, 6.45) is 12.1. The average molecular weight is 418 g/mol. The first-order chi connectivity index (χ1) is 15.0. The first-order valence-corrected chi connectivity index (χ1v) is 11.0. The molecule has 2 aliphatic rings. The molecule has 4 aromatic heterocycles. The van der Waals surface area contributed by atoms with Gasteiger partial charge in [-0.1, -0.05) is 6.42 Å². The van der Waals surface area contributed by atoms with Crippen molar-refractivity contribution in [2.45, 2.75) is 57.9 Å². The molecule has 6 rings (SSSR count). The number of pyridine rings is 1. The van der Waals surface area contributed by atoms with Crippen molar-refractivity contribution in [3.8, 4) is 11.4 Å². The third-order valence-electron chi connectivity index (χ3n) is 6.41. The van der Waals surface area contributed by atoms with Gasteiger partial charge in [0.2, 0.25) is 0 Å². The highest BCUT2D eigenvalue weighted by atomic mass is 16.1. The highest BCUT2D eigenvalue weighted by Gasteiger charge is 2.36. The first-order valence-electron chi connectivity index (χ1n) is 11.0. The Morgan fingerprint density at radius 3 is 2.58 bits per heavy atom. The number of piperidine rings is 1. The molecule has 1 saturated heterocycles. The lowest BCUT2D eigenvalue weighted by molar-refractivity contribution is 0.143. The van der Waals surface area contributed by atoms with Crippen LogP contribution in [0.3, 0.4) is 0 Å². The van der Waals surface area contributed by atoms with E-state index in [1.807, 2.05) is 26.1 Å². The minimum atomic E-state index is -0.249. The molecule has 8 nitrogen and oxygen atoms in total. The molecule has 160 valence electrons. The van der Waals surface area contributed by atoms with Crippen LogP contribution < -0.4 is 10.9 Å². The summed E-state index contributed by atoms with van der Waals surface area (Å²) >= 11 is 0. The number of nitrogens with zero attached hydrogens (tertiary/aromatic N) is 5. The highest BCUT2D eigenvalue weighted by Crippen LogP contribution is 2.37. The van der Waals surface area contributed by atoms with Gasteiger partial charge in [-0.3, -0.25) is 4.79 Å². The fourth-order valence-electron chi connectivity index (χ4n) is 4.55. The van der Waals surface area contributed by atoms with E-state index in [-0.39, 0.29) is 5.56 Å². The molecule has 4 aromatic rings. The number of hydrogen-bond donors (Lipinski definition) is 2. The fourth-order valence-corrected chi connectivity index (χ4v) is 4.55. The lowest BCUT2D eigenvalue weighted by Gasteiger charge is -2.45. The number of fused-ring (bicyclic) bond motifs is 2. The number of H-pyrrole nitrogens is 1. The van der Waals surface area contributed by atoms with E-state index >= 15 is 0 Å². The molecule has 1 spiro atoms. The molecule has 0 atom stereocenters. The Balaban J connectivity index is 0.000000189. The van der Waals surface area contributed by atoms with Crippen molar-refractivity contribution < 1.29 is 0 Å². The average Bonchev–Trinajstić information content (AvgIpc) is 3.14. The van der Waals surface area contributed by atoms with E-state index in [1.165, 1.54) is 51.3 Å². The van der Waals surface area contributed by atoms with E-state index in [1.54, 1.807) is 16.6 Å². The van der Waals surface area contributed by atoms with Crippen LogP contribution in [0.4, 0.5) is 0 Å². The van der Waals surface area contributed by atoms with Gasteiger partial charge < -0.3 is 5.32 Å². The minimum absolute atomic E-state index is 0.249. The van der Waals surface area contributed by atoms with Crippen molar-refractivity contribution in [1.29, 1.82) is 0 Å². The second-order valence-corrected chi connectivity index (χ2v) is 8.71. The standard InChI is InChI=1S/C15H12N6O.C8H15N/c1-8-5-12(20-21-7-9(2)17-14(8)21)11-4-3-10-13(18-11)6-16-19-15(10)22;1-2-7-9-8(4-1)5-3-6-8/h3-7H,1-2H3,(H,19,22);9H,1-7H2. The molecule has 2 fully saturated rings. The van der Waals surface area contributed by atoms with Gasteiger partial charge in [-0.15, -0.1) is 0 Å². The molecular formula is C23H27N7O. The SMILES string of the molecule is C1CCC2(CCC2)NC1.Cc1cn2nc(-c3ccc4c(=O)[nH]ncc4n3)cc(C)c2n1. The zero-order valence-electron chi connectivity index (χ0n) is 18.0. The molecule has 1 aliphatic carbocycles. The number of imidazole rings is 1. The number of aryl methyl sites for hydroxylation is 2. The van der Waals surface area contributed by atoms with E-state index < -0.39 is 0 Å². The van der Waals surface area contributed by atoms with Gasteiger partial charge >= 0.3 is 0 Å². The maximum absolute atomic E-state index is 11.7. The molecule has 0 unspecified atom stereocenters. The zero-order valence-corrected chi connectivity index (χ0v) is 18.0. The van der Waals surface area contributed by atoms with Crippen molar-refractivity contribution in [2.24, 2.45) is 0 Å². The van der Waals surface area contributed by atoms with Crippen molar-refractivity contribution in [2.75, 3.05) is 6.54 Å². The van der Waals surface area contributed by atoms with Crippen molar-refractivity contribution in [1.82, 2.24) is 35.1 Å². The first kappa shape index (κ1) is 19.8. The monoisotopic (exact) mass is 417 g/mol. The number of aromatic amines is 1. The van der Waals surface area contributed by atoms with Crippen molar-refractivity contribution in [3.63, 3.8) is 0 Å². The van der Waals surface area contributed by atoms with Gasteiger partial charge in [-0.2, -0.15) is 10.2 Å². The van der Waals surface area contributed by atoms with Crippen molar-refractivity contribution >= 4 is 16.6 Å². The fraction of sp³-hybridized carbons (Fsp3) is 0.435. The van der Waals surface area contributed by atoms with Gasteiger partial charge in [0.05, 0.1) is 34.7 Å². The maximum Gasteiger partial charge on any atom is 0.273 e. The second-order valence-electron chi connectivity index (χ2n) is 8.71. The predicted octanol–water partition coefficient (Wildman–Crippen LogP) is 3.33. The van der Waals surface area contributed by atoms with Crippen LogP contribution in [0.1, 0.15) is 49.8 Å². The summed E-state index contributed by atoms with van der Waals surface area (Å²) in [6.45, 7) is 5.19. The smallest absolute Gasteiger partial charge is 0.273 e. The zero-order chi connectivity index (χ0) is 21.4. The molecule has 0 bridgehead atoms. The molecule has 5 heterocycles. The Labute approximate surface area is 180 Å². The van der Waals surface area contributed by atoms with Gasteiger partial charge in [0.15, 0.2) is 5.65 Å². The molecule has 1 saturated carbocycles. The summed E-state index contributed by atoms with van der Waals surface area (Å²) in [5.41, 5.74) is 5.13. The number of nitrogens with one attached hydrogen (secondary N) is 2. The predicted molar refractivity (Wildman–Crippen MR) is 120 cm³/mol. The third kappa shape index (κ3) is 3.83. The molecule has 0 aromatic carbocycles. The summed E-state index contributed by atoms with van der Waals surface area (Å²) in [6, 6.07) is 5.46. The number of aromatic nitrogens is 6. The van der Waals surface area contributed by atoms with Crippen LogP contribution in [0.15, 0.2) is 35.4 Å². The van der Waals surface area contributed by atoms with E-state index in [0.29, 0.717) is 22.1 Å². The maximum atomic E-state index is 11.7. The molecular weight excluding hydrogens is 390 g/mol.